The molecule has 0 radical (unpaired) electrons. The minimum absolute atomic E-state index is 0.0453. The highest BCUT2D eigenvalue weighted by atomic mass is 16.4. The van der Waals surface area contributed by atoms with E-state index in [-0.39, 0.29) is 29.9 Å². The zero-order chi connectivity index (χ0) is 36.9. The second-order valence-electron chi connectivity index (χ2n) is 14.0. The minimum Gasteiger partial charge on any atom is -0.506 e. The molecule has 0 bridgehead atoms. The summed E-state index contributed by atoms with van der Waals surface area (Å²) in [6.07, 6.45) is 3.93. The SMILES string of the molecule is N[C@H]1CC[C@H](N(C(=O)O)c2cc(CCCCn3nnc4cc(CNCC(O)c5ccc(O)c6[nH]c(=O)ccc56)ccc43)ccc2-c2ccccc2)CC1. The number of aromatic nitrogens is 4. The van der Waals surface area contributed by atoms with Crippen molar-refractivity contribution in [1.29, 1.82) is 0 Å². The number of carbonyl (C=O) groups is 1. The van der Waals surface area contributed by atoms with Crippen molar-refractivity contribution in [3.8, 4) is 16.9 Å². The number of hydrogen-bond acceptors (Lipinski definition) is 8. The molecule has 1 fully saturated rings. The zero-order valence-electron chi connectivity index (χ0n) is 29.5. The highest BCUT2D eigenvalue weighted by Gasteiger charge is 2.30. The van der Waals surface area contributed by atoms with E-state index < -0.39 is 12.2 Å². The van der Waals surface area contributed by atoms with Crippen molar-refractivity contribution in [1.82, 2.24) is 25.3 Å². The van der Waals surface area contributed by atoms with Crippen LogP contribution in [0, 0.1) is 0 Å². The molecule has 7 rings (SSSR count). The number of fused-ring (bicyclic) bond motifs is 2. The van der Waals surface area contributed by atoms with Crippen molar-refractivity contribution < 1.29 is 20.1 Å². The Morgan fingerprint density at radius 3 is 2.55 bits per heavy atom. The molecular weight excluding hydrogens is 670 g/mol. The molecule has 1 aliphatic rings. The number of aromatic amines is 1. The predicted molar refractivity (Wildman–Crippen MR) is 206 cm³/mol. The molecule has 0 saturated heterocycles. The monoisotopic (exact) mass is 715 g/mol. The van der Waals surface area contributed by atoms with Crippen molar-refractivity contribution in [2.75, 3.05) is 11.4 Å². The fourth-order valence-electron chi connectivity index (χ4n) is 7.51. The van der Waals surface area contributed by atoms with Crippen molar-refractivity contribution in [3.05, 3.63) is 118 Å². The number of carboxylic acid groups (broad SMARTS) is 1. The first kappa shape index (κ1) is 35.8. The Hall–Kier alpha value is -5.56. The van der Waals surface area contributed by atoms with E-state index in [9.17, 15) is 24.9 Å². The van der Waals surface area contributed by atoms with Crippen LogP contribution in [0.2, 0.25) is 0 Å². The number of unbranched alkanes of at least 4 members (excludes halogenated alkanes) is 1. The van der Waals surface area contributed by atoms with Crippen LogP contribution in [0.15, 0.2) is 95.8 Å². The number of hydrogen-bond donors (Lipinski definition) is 6. The molecule has 12 nitrogen and oxygen atoms in total. The summed E-state index contributed by atoms with van der Waals surface area (Å²) in [4.78, 5) is 28.7. The van der Waals surface area contributed by atoms with Gasteiger partial charge in [0.1, 0.15) is 11.3 Å². The first-order valence-corrected chi connectivity index (χ1v) is 18.3. The smallest absolute Gasteiger partial charge is 0.412 e. The van der Waals surface area contributed by atoms with Crippen molar-refractivity contribution in [2.24, 2.45) is 5.73 Å². The number of anilines is 1. The van der Waals surface area contributed by atoms with Gasteiger partial charge in [-0.2, -0.15) is 0 Å². The number of phenolic OH excluding ortho intramolecular Hbond substituents is 1. The number of benzene rings is 4. The van der Waals surface area contributed by atoms with Crippen LogP contribution in [0.3, 0.4) is 0 Å². The van der Waals surface area contributed by atoms with Gasteiger partial charge in [-0.1, -0.05) is 59.8 Å². The number of aromatic hydroxyl groups is 1. The van der Waals surface area contributed by atoms with Crippen molar-refractivity contribution in [3.63, 3.8) is 0 Å². The molecule has 0 spiro atoms. The topological polar surface area (TPSA) is 183 Å². The first-order chi connectivity index (χ1) is 25.7. The number of phenols is 1. The van der Waals surface area contributed by atoms with Gasteiger partial charge >= 0.3 is 6.09 Å². The summed E-state index contributed by atoms with van der Waals surface area (Å²) >= 11 is 0. The van der Waals surface area contributed by atoms with Crippen LogP contribution in [-0.2, 0) is 19.5 Å². The Morgan fingerprint density at radius 2 is 1.75 bits per heavy atom. The number of nitrogens with one attached hydrogen (secondary N) is 2. The van der Waals surface area contributed by atoms with Crippen LogP contribution in [0.5, 0.6) is 5.75 Å². The Morgan fingerprint density at radius 1 is 0.962 bits per heavy atom. The lowest BCUT2D eigenvalue weighted by atomic mass is 9.89. The normalized spacial score (nSPS) is 16.6. The van der Waals surface area contributed by atoms with E-state index in [1.165, 1.54) is 12.1 Å². The van der Waals surface area contributed by atoms with Crippen LogP contribution in [0.1, 0.15) is 61.3 Å². The lowest BCUT2D eigenvalue weighted by Gasteiger charge is -2.35. The second kappa shape index (κ2) is 16.0. The number of aliphatic hydroxyl groups excluding tert-OH is 1. The fraction of sp³-hybridized carbons (Fsp3) is 0.317. The van der Waals surface area contributed by atoms with Crippen LogP contribution in [0.4, 0.5) is 10.5 Å². The van der Waals surface area contributed by atoms with Crippen LogP contribution < -0.4 is 21.5 Å². The number of aliphatic hydroxyl groups is 1. The molecule has 1 aliphatic carbocycles. The van der Waals surface area contributed by atoms with Gasteiger partial charge in [-0.3, -0.25) is 9.69 Å². The lowest BCUT2D eigenvalue weighted by Crippen LogP contribution is -2.44. The van der Waals surface area contributed by atoms with E-state index >= 15 is 0 Å². The summed E-state index contributed by atoms with van der Waals surface area (Å²) in [6.45, 7) is 1.47. The molecule has 2 heterocycles. The van der Waals surface area contributed by atoms with Gasteiger partial charge in [0.2, 0.25) is 5.56 Å². The summed E-state index contributed by atoms with van der Waals surface area (Å²) < 4.78 is 1.92. The molecule has 1 atom stereocenters. The molecule has 4 aromatic carbocycles. The molecule has 53 heavy (non-hydrogen) atoms. The number of nitrogens with two attached hydrogens (primary N) is 1. The van der Waals surface area contributed by atoms with Gasteiger partial charge < -0.3 is 31.4 Å². The molecule has 6 aromatic rings. The number of nitrogens with zero attached hydrogens (tertiary/aromatic N) is 4. The Kier molecular flexibility index (Phi) is 10.8. The minimum atomic E-state index is -0.934. The van der Waals surface area contributed by atoms with E-state index in [0.29, 0.717) is 29.6 Å². The Labute approximate surface area is 306 Å². The van der Waals surface area contributed by atoms with Gasteiger partial charge in [0.05, 0.1) is 22.8 Å². The van der Waals surface area contributed by atoms with Gasteiger partial charge in [-0.15, -0.1) is 5.10 Å². The van der Waals surface area contributed by atoms with E-state index in [4.69, 9.17) is 5.73 Å². The zero-order valence-corrected chi connectivity index (χ0v) is 29.5. The largest absolute Gasteiger partial charge is 0.506 e. The number of pyridine rings is 1. The molecule has 12 heteroatoms. The van der Waals surface area contributed by atoms with Gasteiger partial charge in [-0.05, 0) is 97.5 Å². The molecule has 1 unspecified atom stereocenters. The Balaban J connectivity index is 0.966. The van der Waals surface area contributed by atoms with Crippen LogP contribution in [-0.4, -0.2) is 60.0 Å². The van der Waals surface area contributed by atoms with Crippen LogP contribution in [0.25, 0.3) is 33.1 Å². The average molecular weight is 716 g/mol. The average Bonchev–Trinajstić information content (AvgIpc) is 3.57. The number of aryl methyl sites for hydroxylation is 2. The first-order valence-electron chi connectivity index (χ1n) is 18.3. The molecule has 2 aromatic heterocycles. The highest BCUT2D eigenvalue weighted by Crippen LogP contribution is 2.36. The maximum atomic E-state index is 12.7. The summed E-state index contributed by atoms with van der Waals surface area (Å²) in [6, 6.07) is 28.3. The van der Waals surface area contributed by atoms with E-state index in [2.05, 4.69) is 38.8 Å². The van der Waals surface area contributed by atoms with Gasteiger partial charge in [0.15, 0.2) is 0 Å². The number of rotatable bonds is 13. The van der Waals surface area contributed by atoms with Crippen molar-refractivity contribution >= 4 is 33.7 Å². The fourth-order valence-corrected chi connectivity index (χ4v) is 7.51. The standard InChI is InChI=1S/C41H45N7O5/c42-29-11-13-30(14-12-29)48(41(52)53)36-23-26(9-15-31(36)28-7-2-1-3-8-28)6-4-5-21-47-35-18-10-27(22-34(35)45-46-47)24-43-25-38(50)32-16-19-37(49)40-33(32)17-20-39(51)44-40/h1-3,7-10,15-20,22-23,29-30,38,43,49-50H,4-6,11-14,21,24-25,42H2,(H,44,51)(H,52,53)/t29-,30-,38?. The van der Waals surface area contributed by atoms with E-state index in [1.807, 2.05) is 53.2 Å². The summed E-state index contributed by atoms with van der Waals surface area (Å²) in [5, 5.41) is 44.2. The van der Waals surface area contributed by atoms with Gasteiger partial charge in [0, 0.05) is 48.7 Å². The number of H-pyrrole nitrogens is 1. The molecule has 0 aliphatic heterocycles. The quantitative estimate of drug-likeness (QED) is 0.0754. The third-order valence-electron chi connectivity index (χ3n) is 10.3. The van der Waals surface area contributed by atoms with E-state index in [1.54, 1.807) is 17.0 Å². The number of amides is 1. The molecule has 1 amide bonds. The molecule has 7 N–H and O–H groups in total. The van der Waals surface area contributed by atoms with Gasteiger partial charge in [-0.25, -0.2) is 9.48 Å². The highest BCUT2D eigenvalue weighted by molar-refractivity contribution is 5.94. The van der Waals surface area contributed by atoms with Gasteiger partial charge in [0.25, 0.3) is 0 Å². The summed E-state index contributed by atoms with van der Waals surface area (Å²) in [5.41, 5.74) is 13.2. The molecular formula is C41H45N7O5. The van der Waals surface area contributed by atoms with Crippen molar-refractivity contribution in [2.45, 2.75) is 76.2 Å². The molecule has 1 saturated carbocycles. The summed E-state index contributed by atoms with van der Waals surface area (Å²) in [7, 11) is 0. The van der Waals surface area contributed by atoms with Crippen LogP contribution >= 0.6 is 0 Å². The summed E-state index contributed by atoms with van der Waals surface area (Å²) in [5.74, 6) is -0.0453. The lowest BCUT2D eigenvalue weighted by molar-refractivity contribution is 0.176. The Bertz CT molecular complexity index is 2260. The predicted octanol–water partition coefficient (Wildman–Crippen LogP) is 6.25. The molecule has 274 valence electrons. The maximum absolute atomic E-state index is 12.7. The maximum Gasteiger partial charge on any atom is 0.412 e. The van der Waals surface area contributed by atoms with E-state index in [0.717, 1.165) is 83.9 Å². The second-order valence-corrected chi connectivity index (χ2v) is 14.0. The third kappa shape index (κ3) is 8.10. The third-order valence-corrected chi connectivity index (χ3v) is 10.3.